The number of nitrogens with one attached hydrogen (secondary N) is 1. The molecule has 0 bridgehead atoms. The number of hydrazine groups is 1. The summed E-state index contributed by atoms with van der Waals surface area (Å²) in [5.74, 6) is 3.78. The van der Waals surface area contributed by atoms with Crippen molar-refractivity contribution in [2.24, 2.45) is 5.84 Å². The van der Waals surface area contributed by atoms with Crippen molar-refractivity contribution in [1.82, 2.24) is 5.43 Å². The summed E-state index contributed by atoms with van der Waals surface area (Å²) in [5.41, 5.74) is 3.72. The molecule has 2 nitrogen and oxygen atoms in total. The van der Waals surface area contributed by atoms with Crippen molar-refractivity contribution in [2.75, 3.05) is 0 Å². The Morgan fingerprint density at radius 1 is 1.21 bits per heavy atom. The van der Waals surface area contributed by atoms with E-state index in [0.717, 1.165) is 13.1 Å². The molecule has 0 saturated heterocycles. The summed E-state index contributed by atoms with van der Waals surface area (Å²) < 4.78 is 29.4. The summed E-state index contributed by atoms with van der Waals surface area (Å²) in [4.78, 5) is 0. The van der Waals surface area contributed by atoms with Gasteiger partial charge in [-0.2, -0.15) is 0 Å². The van der Waals surface area contributed by atoms with E-state index in [2.05, 4.69) is 37.3 Å². The van der Waals surface area contributed by atoms with Crippen molar-refractivity contribution in [3.63, 3.8) is 0 Å². The second kappa shape index (κ2) is 5.97. The van der Waals surface area contributed by atoms with Gasteiger partial charge in [0.2, 0.25) is 0 Å². The molecule has 0 amide bonds. The molecule has 0 saturated carbocycles. The smallest absolute Gasteiger partial charge is 0.164 e. The SMILES string of the molecule is Cc1ccc(C(NN)c2cc(Br)sc2Br)c(F)c1F. The summed E-state index contributed by atoms with van der Waals surface area (Å²) >= 11 is 8.18. The van der Waals surface area contributed by atoms with Crippen LogP contribution in [0.5, 0.6) is 0 Å². The minimum atomic E-state index is -0.878. The average Bonchev–Trinajstić information content (AvgIpc) is 2.69. The van der Waals surface area contributed by atoms with Crippen LogP contribution >= 0.6 is 43.2 Å². The molecule has 7 heteroatoms. The number of halogens is 4. The van der Waals surface area contributed by atoms with E-state index in [0.29, 0.717) is 0 Å². The zero-order chi connectivity index (χ0) is 14.2. The van der Waals surface area contributed by atoms with Gasteiger partial charge in [-0.05, 0) is 50.4 Å². The summed E-state index contributed by atoms with van der Waals surface area (Å²) in [6, 6.07) is 4.27. The molecule has 1 unspecified atom stereocenters. The van der Waals surface area contributed by atoms with Crippen LogP contribution in [0.4, 0.5) is 8.78 Å². The Morgan fingerprint density at radius 2 is 1.89 bits per heavy atom. The monoisotopic (exact) mass is 410 g/mol. The van der Waals surface area contributed by atoms with Crippen LogP contribution in [0.15, 0.2) is 25.8 Å². The largest absolute Gasteiger partial charge is 0.271 e. The zero-order valence-corrected chi connectivity index (χ0v) is 13.8. The molecule has 3 N–H and O–H groups in total. The van der Waals surface area contributed by atoms with Gasteiger partial charge in [-0.1, -0.05) is 12.1 Å². The maximum absolute atomic E-state index is 14.0. The summed E-state index contributed by atoms with van der Waals surface area (Å²) in [6.45, 7) is 1.52. The molecule has 0 aliphatic rings. The van der Waals surface area contributed by atoms with Crippen molar-refractivity contribution in [2.45, 2.75) is 13.0 Å². The number of rotatable bonds is 3. The lowest BCUT2D eigenvalue weighted by atomic mass is 9.99. The number of thiophene rings is 1. The fourth-order valence-corrected chi connectivity index (χ4v) is 4.68. The Hall–Kier alpha value is -0.340. The van der Waals surface area contributed by atoms with Crippen molar-refractivity contribution in [3.8, 4) is 0 Å². The highest BCUT2D eigenvalue weighted by atomic mass is 79.9. The lowest BCUT2D eigenvalue weighted by Crippen LogP contribution is -2.29. The number of hydrogen-bond acceptors (Lipinski definition) is 3. The number of hydrogen-bond donors (Lipinski definition) is 2. The van der Waals surface area contributed by atoms with E-state index in [-0.39, 0.29) is 11.1 Å². The molecule has 0 aliphatic carbocycles. The summed E-state index contributed by atoms with van der Waals surface area (Å²) in [6.07, 6.45) is 0. The Labute approximate surface area is 130 Å². The van der Waals surface area contributed by atoms with Crippen molar-refractivity contribution < 1.29 is 8.78 Å². The maximum atomic E-state index is 14.0. The average molecular weight is 412 g/mol. The zero-order valence-electron chi connectivity index (χ0n) is 9.81. The minimum absolute atomic E-state index is 0.177. The first kappa shape index (κ1) is 15.1. The fourth-order valence-electron chi connectivity index (χ4n) is 1.78. The maximum Gasteiger partial charge on any atom is 0.164 e. The summed E-state index contributed by atoms with van der Waals surface area (Å²) in [7, 11) is 0. The van der Waals surface area contributed by atoms with Gasteiger partial charge >= 0.3 is 0 Å². The third-order valence-corrected chi connectivity index (χ3v) is 5.16. The van der Waals surface area contributed by atoms with Crippen LogP contribution in [-0.2, 0) is 0 Å². The molecule has 0 aliphatic heterocycles. The summed E-state index contributed by atoms with van der Waals surface area (Å²) in [5, 5.41) is 0. The highest BCUT2D eigenvalue weighted by molar-refractivity contribution is 9.12. The molecule has 2 aromatic rings. The molecule has 102 valence electrons. The first-order valence-corrected chi connectivity index (χ1v) is 7.71. The van der Waals surface area contributed by atoms with Gasteiger partial charge < -0.3 is 0 Å². The normalized spacial score (nSPS) is 12.7. The van der Waals surface area contributed by atoms with Crippen molar-refractivity contribution in [3.05, 3.63) is 54.1 Å². The quantitative estimate of drug-likeness (QED) is 0.579. The van der Waals surface area contributed by atoms with Crippen LogP contribution in [0.3, 0.4) is 0 Å². The fraction of sp³-hybridized carbons (Fsp3) is 0.167. The van der Waals surface area contributed by atoms with Crippen LogP contribution < -0.4 is 11.3 Å². The molecule has 1 atom stereocenters. The third kappa shape index (κ3) is 2.90. The van der Waals surface area contributed by atoms with Gasteiger partial charge in [0.15, 0.2) is 11.6 Å². The second-order valence-electron chi connectivity index (χ2n) is 3.98. The van der Waals surface area contributed by atoms with E-state index in [9.17, 15) is 8.78 Å². The van der Waals surface area contributed by atoms with Crippen LogP contribution in [0.1, 0.15) is 22.7 Å². The van der Waals surface area contributed by atoms with Crippen LogP contribution in [-0.4, -0.2) is 0 Å². The predicted octanol–water partition coefficient (Wildman–Crippen LogP) is 4.41. The van der Waals surface area contributed by atoms with Gasteiger partial charge in [-0.25, -0.2) is 14.2 Å². The van der Waals surface area contributed by atoms with Crippen LogP contribution in [0.2, 0.25) is 0 Å². The highest BCUT2D eigenvalue weighted by Crippen LogP contribution is 2.38. The lowest BCUT2D eigenvalue weighted by Gasteiger charge is -2.17. The number of aryl methyl sites for hydroxylation is 1. The van der Waals surface area contributed by atoms with E-state index in [1.807, 2.05) is 6.07 Å². The van der Waals surface area contributed by atoms with Gasteiger partial charge in [-0.3, -0.25) is 5.84 Å². The van der Waals surface area contributed by atoms with Gasteiger partial charge in [0.1, 0.15) is 0 Å². The van der Waals surface area contributed by atoms with Gasteiger partial charge in [0, 0.05) is 11.1 Å². The lowest BCUT2D eigenvalue weighted by molar-refractivity contribution is 0.478. The van der Waals surface area contributed by atoms with Crippen molar-refractivity contribution in [1.29, 1.82) is 0 Å². The molecule has 0 fully saturated rings. The molecule has 0 radical (unpaired) electrons. The molecule has 2 rings (SSSR count). The molecular formula is C12H10Br2F2N2S. The van der Waals surface area contributed by atoms with E-state index in [1.54, 1.807) is 0 Å². The number of benzene rings is 1. The molecular weight excluding hydrogens is 402 g/mol. The standard InChI is InChI=1S/C12H10Br2F2N2S/c1-5-2-3-6(10(16)9(5)15)11(18-17)7-4-8(13)19-12(7)14/h2-4,11,18H,17H2,1H3. The molecule has 19 heavy (non-hydrogen) atoms. The second-order valence-corrected chi connectivity index (χ2v) is 7.73. The van der Waals surface area contributed by atoms with Gasteiger partial charge in [0.05, 0.1) is 13.6 Å². The Morgan fingerprint density at radius 3 is 2.42 bits per heavy atom. The highest BCUT2D eigenvalue weighted by Gasteiger charge is 2.23. The molecule has 1 heterocycles. The Balaban J connectivity index is 2.54. The predicted molar refractivity (Wildman–Crippen MR) is 80.0 cm³/mol. The van der Waals surface area contributed by atoms with Gasteiger partial charge in [-0.15, -0.1) is 11.3 Å². The van der Waals surface area contributed by atoms with Gasteiger partial charge in [0.25, 0.3) is 0 Å². The molecule has 1 aromatic carbocycles. The topological polar surface area (TPSA) is 38.0 Å². The van der Waals surface area contributed by atoms with Crippen LogP contribution in [0, 0.1) is 18.6 Å². The number of nitrogens with two attached hydrogens (primary N) is 1. The molecule has 0 spiro atoms. The van der Waals surface area contributed by atoms with E-state index in [1.165, 1.54) is 30.4 Å². The van der Waals surface area contributed by atoms with E-state index in [4.69, 9.17) is 5.84 Å². The first-order chi connectivity index (χ1) is 8.95. The molecule has 1 aromatic heterocycles. The first-order valence-electron chi connectivity index (χ1n) is 5.31. The Bertz CT molecular complexity index is 616. The van der Waals surface area contributed by atoms with Crippen molar-refractivity contribution >= 4 is 43.2 Å². The Kier molecular flexibility index (Phi) is 4.73. The van der Waals surface area contributed by atoms with E-state index >= 15 is 0 Å². The van der Waals surface area contributed by atoms with E-state index < -0.39 is 17.7 Å². The van der Waals surface area contributed by atoms with Crippen LogP contribution in [0.25, 0.3) is 0 Å². The third-order valence-electron chi connectivity index (χ3n) is 2.78. The minimum Gasteiger partial charge on any atom is -0.271 e.